The molecule has 0 aliphatic heterocycles. The number of nitrogens with one attached hydrogen (secondary N) is 1. The van der Waals surface area contributed by atoms with Gasteiger partial charge in [-0.3, -0.25) is 4.79 Å². The van der Waals surface area contributed by atoms with Crippen molar-refractivity contribution >= 4 is 28.6 Å². The molecular formula is C19H20N2OS2. The Bertz CT molecular complexity index is 791. The van der Waals surface area contributed by atoms with Gasteiger partial charge in [0.15, 0.2) is 0 Å². The number of benzene rings is 1. The topological polar surface area (TPSA) is 42.0 Å². The van der Waals surface area contributed by atoms with Crippen LogP contribution >= 0.6 is 22.7 Å². The van der Waals surface area contributed by atoms with Gasteiger partial charge in [0.2, 0.25) is 5.91 Å². The zero-order chi connectivity index (χ0) is 16.9. The Morgan fingerprint density at radius 1 is 1.21 bits per heavy atom. The molecule has 1 atom stereocenters. The van der Waals surface area contributed by atoms with E-state index in [2.05, 4.69) is 52.9 Å². The van der Waals surface area contributed by atoms with Crippen LogP contribution in [-0.2, 0) is 17.6 Å². The van der Waals surface area contributed by atoms with E-state index in [0.29, 0.717) is 6.42 Å². The minimum Gasteiger partial charge on any atom is -0.349 e. The lowest BCUT2D eigenvalue weighted by atomic mass is 10.0. The Balaban J connectivity index is 1.58. The molecular weight excluding hydrogens is 336 g/mol. The normalized spacial score (nSPS) is 12.1. The number of rotatable bonds is 6. The summed E-state index contributed by atoms with van der Waals surface area (Å²) in [5.74, 6) is 0.00392. The molecule has 0 radical (unpaired) electrons. The van der Waals surface area contributed by atoms with Crippen molar-refractivity contribution in [2.24, 2.45) is 0 Å². The largest absolute Gasteiger partial charge is 0.349 e. The molecule has 24 heavy (non-hydrogen) atoms. The van der Waals surface area contributed by atoms with Crippen molar-refractivity contribution in [3.05, 3.63) is 63.3 Å². The van der Waals surface area contributed by atoms with Gasteiger partial charge in [0, 0.05) is 16.3 Å². The zero-order valence-electron chi connectivity index (χ0n) is 13.8. The van der Waals surface area contributed by atoms with Gasteiger partial charge in [-0.25, -0.2) is 4.98 Å². The third kappa shape index (κ3) is 4.10. The van der Waals surface area contributed by atoms with Crippen LogP contribution < -0.4 is 5.32 Å². The van der Waals surface area contributed by atoms with E-state index in [1.165, 1.54) is 5.56 Å². The number of hydrogen-bond donors (Lipinski definition) is 1. The van der Waals surface area contributed by atoms with Crippen LogP contribution in [0.4, 0.5) is 0 Å². The minimum atomic E-state index is -0.00149. The van der Waals surface area contributed by atoms with Gasteiger partial charge >= 0.3 is 0 Å². The Hall–Kier alpha value is -1.98. The fraction of sp³-hybridized carbons (Fsp3) is 0.263. The number of amides is 1. The van der Waals surface area contributed by atoms with E-state index < -0.39 is 0 Å². The predicted octanol–water partition coefficient (Wildman–Crippen LogP) is 4.85. The molecule has 0 fully saturated rings. The number of carbonyl (C=O) groups is 1. The molecule has 1 amide bonds. The Morgan fingerprint density at radius 3 is 2.67 bits per heavy atom. The molecule has 3 nitrogen and oxygen atoms in total. The lowest BCUT2D eigenvalue weighted by Gasteiger charge is -2.14. The second kappa shape index (κ2) is 7.73. The van der Waals surface area contributed by atoms with E-state index in [1.807, 2.05) is 17.7 Å². The van der Waals surface area contributed by atoms with Crippen molar-refractivity contribution in [2.45, 2.75) is 32.7 Å². The standard InChI is InChI=1S/C19H20N2OS2/c1-3-14-4-6-15(7-5-14)13(2)20-18(22)10-17-12-24-19(21-17)16-8-9-23-11-16/h4-9,11-13H,3,10H2,1-2H3,(H,20,22). The number of carbonyl (C=O) groups excluding carboxylic acids is 1. The maximum absolute atomic E-state index is 12.3. The monoisotopic (exact) mass is 356 g/mol. The molecule has 1 N–H and O–H groups in total. The Kier molecular flexibility index (Phi) is 5.43. The van der Waals surface area contributed by atoms with Crippen molar-refractivity contribution in [2.75, 3.05) is 0 Å². The highest BCUT2D eigenvalue weighted by atomic mass is 32.1. The summed E-state index contributed by atoms with van der Waals surface area (Å²) in [5.41, 5.74) is 4.38. The van der Waals surface area contributed by atoms with E-state index in [1.54, 1.807) is 22.7 Å². The first kappa shape index (κ1) is 16.9. The summed E-state index contributed by atoms with van der Waals surface area (Å²) in [6, 6.07) is 10.5. The second-order valence-corrected chi connectivity index (χ2v) is 7.36. The number of nitrogens with zero attached hydrogens (tertiary/aromatic N) is 1. The molecule has 2 aromatic heterocycles. The fourth-order valence-corrected chi connectivity index (χ4v) is 4.02. The van der Waals surface area contributed by atoms with Crippen LogP contribution in [0.2, 0.25) is 0 Å². The number of aryl methyl sites for hydroxylation is 1. The summed E-state index contributed by atoms with van der Waals surface area (Å²) in [6.45, 7) is 4.15. The zero-order valence-corrected chi connectivity index (χ0v) is 15.4. The summed E-state index contributed by atoms with van der Waals surface area (Å²) in [7, 11) is 0. The van der Waals surface area contributed by atoms with Gasteiger partial charge in [-0.15, -0.1) is 11.3 Å². The third-order valence-corrected chi connectivity index (χ3v) is 5.55. The van der Waals surface area contributed by atoms with Crippen molar-refractivity contribution in [3.63, 3.8) is 0 Å². The van der Waals surface area contributed by atoms with Crippen LogP contribution in [0.5, 0.6) is 0 Å². The number of aromatic nitrogens is 1. The maximum Gasteiger partial charge on any atom is 0.226 e. The second-order valence-electron chi connectivity index (χ2n) is 5.72. The molecule has 2 heterocycles. The first-order chi connectivity index (χ1) is 11.7. The average molecular weight is 357 g/mol. The van der Waals surface area contributed by atoms with Crippen LogP contribution in [-0.4, -0.2) is 10.9 Å². The molecule has 0 spiro atoms. The highest BCUT2D eigenvalue weighted by Gasteiger charge is 2.12. The maximum atomic E-state index is 12.3. The Labute approximate surface area is 150 Å². The SMILES string of the molecule is CCc1ccc(C(C)NC(=O)Cc2csc(-c3ccsc3)n2)cc1. The molecule has 0 saturated heterocycles. The molecule has 3 aromatic rings. The van der Waals surface area contributed by atoms with E-state index >= 15 is 0 Å². The average Bonchev–Trinajstić information content (AvgIpc) is 3.26. The molecule has 0 bridgehead atoms. The van der Waals surface area contributed by atoms with Gasteiger partial charge in [0.25, 0.3) is 0 Å². The predicted molar refractivity (Wildman–Crippen MR) is 102 cm³/mol. The van der Waals surface area contributed by atoms with E-state index in [9.17, 15) is 4.79 Å². The molecule has 124 valence electrons. The van der Waals surface area contributed by atoms with Gasteiger partial charge in [-0.05, 0) is 35.9 Å². The molecule has 1 unspecified atom stereocenters. The highest BCUT2D eigenvalue weighted by molar-refractivity contribution is 7.14. The molecule has 0 saturated carbocycles. The van der Waals surface area contributed by atoms with Crippen LogP contribution in [0.15, 0.2) is 46.5 Å². The summed E-state index contributed by atoms with van der Waals surface area (Å²) in [4.78, 5) is 16.8. The lowest BCUT2D eigenvalue weighted by molar-refractivity contribution is -0.121. The summed E-state index contributed by atoms with van der Waals surface area (Å²) in [6.07, 6.45) is 1.34. The number of thiazole rings is 1. The van der Waals surface area contributed by atoms with Crippen LogP contribution in [0.3, 0.4) is 0 Å². The number of hydrogen-bond acceptors (Lipinski definition) is 4. The van der Waals surface area contributed by atoms with E-state index in [4.69, 9.17) is 0 Å². The quantitative estimate of drug-likeness (QED) is 0.686. The minimum absolute atomic E-state index is 0.00149. The summed E-state index contributed by atoms with van der Waals surface area (Å²) < 4.78 is 0. The molecule has 0 aliphatic carbocycles. The van der Waals surface area contributed by atoms with Crippen molar-refractivity contribution in [1.82, 2.24) is 10.3 Å². The van der Waals surface area contributed by atoms with Gasteiger partial charge < -0.3 is 5.32 Å². The molecule has 0 aliphatic rings. The van der Waals surface area contributed by atoms with E-state index in [0.717, 1.165) is 28.2 Å². The first-order valence-electron chi connectivity index (χ1n) is 8.01. The number of thiophene rings is 1. The summed E-state index contributed by atoms with van der Waals surface area (Å²) >= 11 is 3.24. The summed E-state index contributed by atoms with van der Waals surface area (Å²) in [5, 5.41) is 10.1. The highest BCUT2D eigenvalue weighted by Crippen LogP contribution is 2.25. The van der Waals surface area contributed by atoms with Gasteiger partial charge in [-0.1, -0.05) is 31.2 Å². The molecule has 5 heteroatoms. The third-order valence-electron chi connectivity index (χ3n) is 3.93. The smallest absolute Gasteiger partial charge is 0.226 e. The van der Waals surface area contributed by atoms with Crippen LogP contribution in [0.1, 0.15) is 36.7 Å². The van der Waals surface area contributed by atoms with Crippen LogP contribution in [0.25, 0.3) is 10.6 Å². The van der Waals surface area contributed by atoms with Crippen molar-refractivity contribution < 1.29 is 4.79 Å². The fourth-order valence-electron chi connectivity index (χ4n) is 2.49. The van der Waals surface area contributed by atoms with Gasteiger partial charge in [0.1, 0.15) is 5.01 Å². The molecule has 3 rings (SSSR count). The van der Waals surface area contributed by atoms with Gasteiger partial charge in [-0.2, -0.15) is 11.3 Å². The Morgan fingerprint density at radius 2 is 2.00 bits per heavy atom. The van der Waals surface area contributed by atoms with Crippen molar-refractivity contribution in [1.29, 1.82) is 0 Å². The first-order valence-corrected chi connectivity index (χ1v) is 9.83. The lowest BCUT2D eigenvalue weighted by Crippen LogP contribution is -2.28. The van der Waals surface area contributed by atoms with Gasteiger partial charge in [0.05, 0.1) is 18.2 Å². The van der Waals surface area contributed by atoms with Crippen LogP contribution in [0, 0.1) is 0 Å². The van der Waals surface area contributed by atoms with E-state index in [-0.39, 0.29) is 11.9 Å². The van der Waals surface area contributed by atoms with Crippen molar-refractivity contribution in [3.8, 4) is 10.6 Å². The molecule has 1 aromatic carbocycles.